The molecule has 0 aliphatic rings. The largest absolute Gasteiger partial charge is 0.481 e. The second-order valence-electron chi connectivity index (χ2n) is 4.87. The lowest BCUT2D eigenvalue weighted by atomic mass is 10.1. The summed E-state index contributed by atoms with van der Waals surface area (Å²) in [5.41, 5.74) is 1.83. The molecule has 23 heavy (non-hydrogen) atoms. The van der Waals surface area contributed by atoms with Gasteiger partial charge in [-0.05, 0) is 17.7 Å². The van der Waals surface area contributed by atoms with Gasteiger partial charge in [0.25, 0.3) is 5.69 Å². The molecule has 0 saturated carbocycles. The third-order valence-electron chi connectivity index (χ3n) is 3.48. The number of fused-ring (bicyclic) bond motifs is 1. The van der Waals surface area contributed by atoms with E-state index in [2.05, 4.69) is 15.3 Å². The molecule has 0 fully saturated rings. The summed E-state index contributed by atoms with van der Waals surface area (Å²) in [6, 6.07) is 8.65. The summed E-state index contributed by atoms with van der Waals surface area (Å²) in [6.07, 6.45) is 4.85. The second kappa shape index (κ2) is 6.27. The Labute approximate surface area is 132 Å². The molecule has 7 heteroatoms. The van der Waals surface area contributed by atoms with Crippen LogP contribution in [0.2, 0.25) is 0 Å². The van der Waals surface area contributed by atoms with Crippen LogP contribution in [0.25, 0.3) is 10.8 Å². The van der Waals surface area contributed by atoms with Crippen LogP contribution in [0.4, 0.5) is 11.4 Å². The molecule has 0 aliphatic heterocycles. The van der Waals surface area contributed by atoms with E-state index in [1.807, 2.05) is 6.07 Å². The molecule has 116 valence electrons. The van der Waals surface area contributed by atoms with E-state index in [0.29, 0.717) is 17.8 Å². The smallest absolute Gasteiger partial charge is 0.278 e. The summed E-state index contributed by atoms with van der Waals surface area (Å²) in [6.45, 7) is 0.548. The van der Waals surface area contributed by atoms with Gasteiger partial charge in [0.05, 0.1) is 17.4 Å². The Bertz CT molecular complexity index is 850. The highest BCUT2D eigenvalue weighted by Crippen LogP contribution is 2.30. The number of nitrogens with one attached hydrogen (secondary N) is 1. The maximum Gasteiger partial charge on any atom is 0.278 e. The summed E-state index contributed by atoms with van der Waals surface area (Å²) >= 11 is 0. The standard InChI is InChI=1S/C16H14N4O3/c1-23-16-5-2-11(9-19-16)8-18-14-3-4-15(20(21)22)13-10-17-7-6-12(13)14/h2-7,9-10,18H,8H2,1H3. The number of nitro benzene ring substituents is 1. The fourth-order valence-electron chi connectivity index (χ4n) is 2.32. The minimum absolute atomic E-state index is 0.0461. The molecule has 1 N–H and O–H groups in total. The van der Waals surface area contributed by atoms with E-state index in [0.717, 1.165) is 16.6 Å². The first-order valence-electron chi connectivity index (χ1n) is 6.93. The molecule has 2 heterocycles. The third kappa shape index (κ3) is 3.03. The van der Waals surface area contributed by atoms with Crippen molar-refractivity contribution in [2.24, 2.45) is 0 Å². The van der Waals surface area contributed by atoms with Gasteiger partial charge in [0, 0.05) is 48.3 Å². The Morgan fingerprint density at radius 3 is 2.74 bits per heavy atom. The molecular formula is C16H14N4O3. The van der Waals surface area contributed by atoms with Crippen molar-refractivity contribution in [3.8, 4) is 5.88 Å². The Hall–Kier alpha value is -3.22. The monoisotopic (exact) mass is 310 g/mol. The summed E-state index contributed by atoms with van der Waals surface area (Å²) in [4.78, 5) is 18.8. The molecule has 0 amide bonds. The predicted molar refractivity (Wildman–Crippen MR) is 86.5 cm³/mol. The van der Waals surface area contributed by atoms with Crippen LogP contribution in [-0.2, 0) is 6.54 Å². The molecule has 3 aromatic rings. The Balaban J connectivity index is 1.88. The maximum absolute atomic E-state index is 11.1. The number of anilines is 1. The number of hydrogen-bond donors (Lipinski definition) is 1. The van der Waals surface area contributed by atoms with Crippen LogP contribution in [0.5, 0.6) is 5.88 Å². The molecule has 3 rings (SSSR count). The SMILES string of the molecule is COc1ccc(CNc2ccc([N+](=O)[O-])c3cnccc23)cn1. The Kier molecular flexibility index (Phi) is 4.01. The lowest BCUT2D eigenvalue weighted by Crippen LogP contribution is -2.01. The van der Waals surface area contributed by atoms with Crippen LogP contribution in [0, 0.1) is 10.1 Å². The topological polar surface area (TPSA) is 90.2 Å². The number of aromatic nitrogens is 2. The fraction of sp³-hybridized carbons (Fsp3) is 0.125. The molecule has 0 saturated heterocycles. The van der Waals surface area contributed by atoms with E-state index < -0.39 is 4.92 Å². The van der Waals surface area contributed by atoms with Crippen LogP contribution in [0.15, 0.2) is 48.9 Å². The van der Waals surface area contributed by atoms with Crippen LogP contribution >= 0.6 is 0 Å². The van der Waals surface area contributed by atoms with E-state index in [4.69, 9.17) is 4.74 Å². The molecule has 1 aromatic carbocycles. The Morgan fingerprint density at radius 1 is 1.17 bits per heavy atom. The van der Waals surface area contributed by atoms with Crippen molar-refractivity contribution in [3.63, 3.8) is 0 Å². The zero-order chi connectivity index (χ0) is 16.2. The van der Waals surface area contributed by atoms with Crippen molar-refractivity contribution in [3.05, 3.63) is 64.6 Å². The molecule has 0 aliphatic carbocycles. The number of non-ortho nitro benzene ring substituents is 1. The van der Waals surface area contributed by atoms with Gasteiger partial charge in [-0.2, -0.15) is 0 Å². The summed E-state index contributed by atoms with van der Waals surface area (Å²) in [5, 5.41) is 15.6. The summed E-state index contributed by atoms with van der Waals surface area (Å²) < 4.78 is 5.02. The van der Waals surface area contributed by atoms with Gasteiger partial charge in [0.2, 0.25) is 5.88 Å². The Morgan fingerprint density at radius 2 is 2.04 bits per heavy atom. The van der Waals surface area contributed by atoms with Gasteiger partial charge in [-0.25, -0.2) is 4.98 Å². The molecule has 0 spiro atoms. The minimum atomic E-state index is -0.402. The number of ether oxygens (including phenoxy) is 1. The highest BCUT2D eigenvalue weighted by atomic mass is 16.6. The number of benzene rings is 1. The van der Waals surface area contributed by atoms with Crippen LogP contribution in [-0.4, -0.2) is 22.0 Å². The average Bonchev–Trinajstić information content (AvgIpc) is 2.59. The summed E-state index contributed by atoms with van der Waals surface area (Å²) in [5.74, 6) is 0.556. The van der Waals surface area contributed by atoms with Gasteiger partial charge in [-0.3, -0.25) is 15.1 Å². The van der Waals surface area contributed by atoms with Crippen molar-refractivity contribution in [1.82, 2.24) is 9.97 Å². The van der Waals surface area contributed by atoms with Crippen molar-refractivity contribution < 1.29 is 9.66 Å². The van der Waals surface area contributed by atoms with E-state index in [1.54, 1.807) is 37.7 Å². The third-order valence-corrected chi connectivity index (χ3v) is 3.48. The lowest BCUT2D eigenvalue weighted by molar-refractivity contribution is -0.383. The van der Waals surface area contributed by atoms with Gasteiger partial charge >= 0.3 is 0 Å². The molecule has 0 atom stereocenters. The first kappa shape index (κ1) is 14.7. The van der Waals surface area contributed by atoms with Crippen LogP contribution in [0.1, 0.15) is 5.56 Å². The zero-order valence-electron chi connectivity index (χ0n) is 12.4. The number of hydrogen-bond acceptors (Lipinski definition) is 6. The molecule has 2 aromatic heterocycles. The summed E-state index contributed by atoms with van der Waals surface area (Å²) in [7, 11) is 1.57. The molecule has 0 radical (unpaired) electrons. The van der Waals surface area contributed by atoms with Crippen molar-refractivity contribution in [2.75, 3.05) is 12.4 Å². The number of nitro groups is 1. The predicted octanol–water partition coefficient (Wildman–Crippen LogP) is 3.16. The molecule has 7 nitrogen and oxygen atoms in total. The highest BCUT2D eigenvalue weighted by molar-refractivity contribution is 5.99. The minimum Gasteiger partial charge on any atom is -0.481 e. The van der Waals surface area contributed by atoms with Crippen molar-refractivity contribution in [2.45, 2.75) is 6.54 Å². The fourth-order valence-corrected chi connectivity index (χ4v) is 2.32. The van der Waals surface area contributed by atoms with E-state index in [1.165, 1.54) is 12.3 Å². The van der Waals surface area contributed by atoms with Gasteiger partial charge in [-0.1, -0.05) is 6.07 Å². The number of pyridine rings is 2. The number of rotatable bonds is 5. The zero-order valence-corrected chi connectivity index (χ0v) is 12.4. The normalized spacial score (nSPS) is 10.5. The highest BCUT2D eigenvalue weighted by Gasteiger charge is 2.14. The van der Waals surface area contributed by atoms with Gasteiger partial charge < -0.3 is 10.1 Å². The average molecular weight is 310 g/mol. The number of nitrogens with zero attached hydrogens (tertiary/aromatic N) is 3. The van der Waals surface area contributed by atoms with E-state index >= 15 is 0 Å². The first-order valence-corrected chi connectivity index (χ1v) is 6.93. The molecule has 0 unspecified atom stereocenters. The quantitative estimate of drug-likeness (QED) is 0.575. The second-order valence-corrected chi connectivity index (χ2v) is 4.87. The van der Waals surface area contributed by atoms with Gasteiger partial charge in [0.1, 0.15) is 0 Å². The van der Waals surface area contributed by atoms with Crippen LogP contribution in [0.3, 0.4) is 0 Å². The van der Waals surface area contributed by atoms with Crippen molar-refractivity contribution in [1.29, 1.82) is 0 Å². The molecule has 0 bridgehead atoms. The molecular weight excluding hydrogens is 296 g/mol. The lowest BCUT2D eigenvalue weighted by Gasteiger charge is -2.10. The van der Waals surface area contributed by atoms with Gasteiger partial charge in [0.15, 0.2) is 0 Å². The number of methoxy groups -OCH3 is 1. The van der Waals surface area contributed by atoms with Crippen LogP contribution < -0.4 is 10.1 Å². The van der Waals surface area contributed by atoms with E-state index in [-0.39, 0.29) is 5.69 Å². The maximum atomic E-state index is 11.1. The van der Waals surface area contributed by atoms with E-state index in [9.17, 15) is 10.1 Å². The van der Waals surface area contributed by atoms with Gasteiger partial charge in [-0.15, -0.1) is 0 Å². The first-order chi connectivity index (χ1) is 11.2. The van der Waals surface area contributed by atoms with Crippen molar-refractivity contribution >= 4 is 22.1 Å².